The van der Waals surface area contributed by atoms with Gasteiger partial charge >= 0.3 is 0 Å². The Kier molecular flexibility index (Phi) is 6.39. The first-order chi connectivity index (χ1) is 12.7. The Bertz CT molecular complexity index is 711. The molecule has 2 aromatic carbocycles. The zero-order valence-electron chi connectivity index (χ0n) is 14.9. The first-order valence-corrected chi connectivity index (χ1v) is 9.10. The zero-order chi connectivity index (χ0) is 18.2. The highest BCUT2D eigenvalue weighted by Crippen LogP contribution is 2.09. The van der Waals surface area contributed by atoms with Crippen LogP contribution in [0.5, 0.6) is 0 Å². The van der Waals surface area contributed by atoms with Crippen LogP contribution in [0.2, 0.25) is 0 Å². The molecule has 0 unspecified atom stereocenters. The summed E-state index contributed by atoms with van der Waals surface area (Å²) < 4.78 is 0. The second-order valence-corrected chi connectivity index (χ2v) is 6.51. The van der Waals surface area contributed by atoms with Crippen LogP contribution in [-0.2, 0) is 11.3 Å². The molecule has 1 fully saturated rings. The summed E-state index contributed by atoms with van der Waals surface area (Å²) in [6, 6.07) is 19.5. The standard InChI is InChI=1S/C21H25N3O2/c25-20(11-12-22-21(26)19-9-5-2-6-10-19)24-15-13-23(14-16-24)17-18-7-3-1-4-8-18/h1-10H,11-17H2,(H,22,26). The third-order valence-corrected chi connectivity index (χ3v) is 4.63. The minimum Gasteiger partial charge on any atom is -0.352 e. The Morgan fingerprint density at radius 3 is 2.12 bits per heavy atom. The van der Waals surface area contributed by atoms with Gasteiger partial charge in [-0.3, -0.25) is 14.5 Å². The molecule has 0 saturated carbocycles. The average molecular weight is 351 g/mol. The number of hydrogen-bond acceptors (Lipinski definition) is 3. The van der Waals surface area contributed by atoms with Gasteiger partial charge in [0, 0.05) is 51.3 Å². The Balaban J connectivity index is 1.36. The van der Waals surface area contributed by atoms with Crippen molar-refractivity contribution in [3.63, 3.8) is 0 Å². The fourth-order valence-electron chi connectivity index (χ4n) is 3.13. The van der Waals surface area contributed by atoms with Crippen LogP contribution in [0.1, 0.15) is 22.3 Å². The van der Waals surface area contributed by atoms with Crippen molar-refractivity contribution in [2.75, 3.05) is 32.7 Å². The molecule has 0 aliphatic carbocycles. The van der Waals surface area contributed by atoms with Gasteiger partial charge < -0.3 is 10.2 Å². The monoisotopic (exact) mass is 351 g/mol. The predicted octanol–water partition coefficient (Wildman–Crippen LogP) is 2.15. The van der Waals surface area contributed by atoms with Gasteiger partial charge in [-0.1, -0.05) is 48.5 Å². The molecule has 2 amide bonds. The Morgan fingerprint density at radius 1 is 0.846 bits per heavy atom. The summed E-state index contributed by atoms with van der Waals surface area (Å²) in [6.07, 6.45) is 0.345. The van der Waals surface area contributed by atoms with Crippen molar-refractivity contribution < 1.29 is 9.59 Å². The summed E-state index contributed by atoms with van der Waals surface area (Å²) in [6.45, 7) is 4.57. The van der Waals surface area contributed by atoms with Crippen LogP contribution in [0.4, 0.5) is 0 Å². The lowest BCUT2D eigenvalue weighted by atomic mass is 10.2. The Morgan fingerprint density at radius 2 is 1.46 bits per heavy atom. The SMILES string of the molecule is O=C(NCCC(=O)N1CCN(Cc2ccccc2)CC1)c1ccccc1. The van der Waals surface area contributed by atoms with E-state index in [1.165, 1.54) is 5.56 Å². The molecular formula is C21H25N3O2. The van der Waals surface area contributed by atoms with Crippen molar-refractivity contribution in [3.8, 4) is 0 Å². The summed E-state index contributed by atoms with van der Waals surface area (Å²) in [5.41, 5.74) is 1.92. The third kappa shape index (κ3) is 5.17. The van der Waals surface area contributed by atoms with E-state index in [0.717, 1.165) is 32.7 Å². The second kappa shape index (κ2) is 9.15. The highest BCUT2D eigenvalue weighted by atomic mass is 16.2. The number of piperazine rings is 1. The van der Waals surface area contributed by atoms with Crippen LogP contribution in [0.15, 0.2) is 60.7 Å². The van der Waals surface area contributed by atoms with Crippen LogP contribution in [0, 0.1) is 0 Å². The number of nitrogens with one attached hydrogen (secondary N) is 1. The van der Waals surface area contributed by atoms with Gasteiger partial charge in [-0.05, 0) is 17.7 Å². The van der Waals surface area contributed by atoms with E-state index in [2.05, 4.69) is 34.5 Å². The van der Waals surface area contributed by atoms with Crippen molar-refractivity contribution >= 4 is 11.8 Å². The van der Waals surface area contributed by atoms with Gasteiger partial charge in [-0.15, -0.1) is 0 Å². The van der Waals surface area contributed by atoms with Crippen molar-refractivity contribution in [3.05, 3.63) is 71.8 Å². The van der Waals surface area contributed by atoms with E-state index in [0.29, 0.717) is 18.5 Å². The Hall–Kier alpha value is -2.66. The van der Waals surface area contributed by atoms with E-state index >= 15 is 0 Å². The fraction of sp³-hybridized carbons (Fsp3) is 0.333. The number of hydrogen-bond donors (Lipinski definition) is 1. The van der Waals surface area contributed by atoms with E-state index < -0.39 is 0 Å². The maximum absolute atomic E-state index is 12.3. The van der Waals surface area contributed by atoms with Gasteiger partial charge in [-0.2, -0.15) is 0 Å². The summed E-state index contributed by atoms with van der Waals surface area (Å²) in [7, 11) is 0. The van der Waals surface area contributed by atoms with Crippen LogP contribution >= 0.6 is 0 Å². The van der Waals surface area contributed by atoms with Crippen molar-refractivity contribution in [2.45, 2.75) is 13.0 Å². The predicted molar refractivity (Wildman–Crippen MR) is 102 cm³/mol. The van der Waals surface area contributed by atoms with Gasteiger partial charge in [0.25, 0.3) is 5.91 Å². The lowest BCUT2D eigenvalue weighted by molar-refractivity contribution is -0.132. The smallest absolute Gasteiger partial charge is 0.251 e. The molecule has 0 atom stereocenters. The lowest BCUT2D eigenvalue weighted by Crippen LogP contribution is -2.48. The van der Waals surface area contributed by atoms with E-state index in [-0.39, 0.29) is 11.8 Å². The van der Waals surface area contributed by atoms with Gasteiger partial charge in [0.2, 0.25) is 5.91 Å². The number of nitrogens with zero attached hydrogens (tertiary/aromatic N) is 2. The van der Waals surface area contributed by atoms with Gasteiger partial charge in [-0.25, -0.2) is 0 Å². The number of carbonyl (C=O) groups is 2. The highest BCUT2D eigenvalue weighted by molar-refractivity contribution is 5.94. The first-order valence-electron chi connectivity index (χ1n) is 9.10. The highest BCUT2D eigenvalue weighted by Gasteiger charge is 2.20. The fourth-order valence-corrected chi connectivity index (χ4v) is 3.13. The van der Waals surface area contributed by atoms with Crippen LogP contribution < -0.4 is 5.32 Å². The van der Waals surface area contributed by atoms with Gasteiger partial charge in [0.15, 0.2) is 0 Å². The summed E-state index contributed by atoms with van der Waals surface area (Å²) in [4.78, 5) is 28.6. The molecule has 1 aliphatic rings. The molecule has 0 radical (unpaired) electrons. The molecule has 0 aromatic heterocycles. The maximum atomic E-state index is 12.3. The normalized spacial score (nSPS) is 14.8. The third-order valence-electron chi connectivity index (χ3n) is 4.63. The van der Waals surface area contributed by atoms with Crippen molar-refractivity contribution in [2.24, 2.45) is 0 Å². The van der Waals surface area contributed by atoms with E-state index in [4.69, 9.17) is 0 Å². The van der Waals surface area contributed by atoms with Gasteiger partial charge in [0.1, 0.15) is 0 Å². The van der Waals surface area contributed by atoms with E-state index in [1.54, 1.807) is 12.1 Å². The Labute approximate surface area is 154 Å². The van der Waals surface area contributed by atoms with Crippen LogP contribution in [0.25, 0.3) is 0 Å². The molecule has 3 rings (SSSR count). The van der Waals surface area contributed by atoms with Crippen molar-refractivity contribution in [1.29, 1.82) is 0 Å². The molecule has 5 heteroatoms. The molecule has 136 valence electrons. The number of carbonyl (C=O) groups excluding carboxylic acids is 2. The molecule has 1 aliphatic heterocycles. The molecule has 5 nitrogen and oxygen atoms in total. The molecule has 0 spiro atoms. The second-order valence-electron chi connectivity index (χ2n) is 6.51. The summed E-state index contributed by atoms with van der Waals surface area (Å²) in [5.74, 6) is -0.0243. The van der Waals surface area contributed by atoms with Crippen LogP contribution in [0.3, 0.4) is 0 Å². The lowest BCUT2D eigenvalue weighted by Gasteiger charge is -2.34. The van der Waals surface area contributed by atoms with Crippen molar-refractivity contribution in [1.82, 2.24) is 15.1 Å². The van der Waals surface area contributed by atoms with Crippen LogP contribution in [-0.4, -0.2) is 54.3 Å². The summed E-state index contributed by atoms with van der Waals surface area (Å²) in [5, 5.41) is 2.81. The number of benzene rings is 2. The topological polar surface area (TPSA) is 52.7 Å². The summed E-state index contributed by atoms with van der Waals surface area (Å²) >= 11 is 0. The molecule has 0 bridgehead atoms. The van der Waals surface area contributed by atoms with E-state index in [1.807, 2.05) is 29.2 Å². The maximum Gasteiger partial charge on any atom is 0.251 e. The molecule has 1 N–H and O–H groups in total. The minimum atomic E-state index is -0.133. The minimum absolute atomic E-state index is 0.109. The quantitative estimate of drug-likeness (QED) is 0.868. The average Bonchev–Trinajstić information content (AvgIpc) is 2.70. The zero-order valence-corrected chi connectivity index (χ0v) is 14.9. The molecule has 2 aromatic rings. The van der Waals surface area contributed by atoms with Gasteiger partial charge in [0.05, 0.1) is 0 Å². The number of amides is 2. The molecule has 26 heavy (non-hydrogen) atoms. The van der Waals surface area contributed by atoms with E-state index in [9.17, 15) is 9.59 Å². The first kappa shape index (κ1) is 18.1. The molecule has 1 saturated heterocycles. The molecule has 1 heterocycles. The molecular weight excluding hydrogens is 326 g/mol. The largest absolute Gasteiger partial charge is 0.352 e. The number of rotatable bonds is 6.